The number of oxazole rings is 1. The lowest BCUT2D eigenvalue weighted by Crippen LogP contribution is -2.44. The molecule has 1 amide bonds. The van der Waals surface area contributed by atoms with E-state index in [0.717, 1.165) is 22.3 Å². The predicted molar refractivity (Wildman–Crippen MR) is 124 cm³/mol. The van der Waals surface area contributed by atoms with E-state index in [1.165, 1.54) is 6.39 Å². The average molecular weight is 441 g/mol. The molecule has 0 aliphatic carbocycles. The first kappa shape index (κ1) is 20.8. The van der Waals surface area contributed by atoms with Crippen molar-refractivity contribution in [1.29, 1.82) is 0 Å². The number of hydrogen-bond acceptors (Lipinski definition) is 7. The minimum absolute atomic E-state index is 0.0518. The second-order valence-electron chi connectivity index (χ2n) is 8.00. The number of nitrogens with zero attached hydrogens (tertiary/aromatic N) is 3. The van der Waals surface area contributed by atoms with Crippen molar-refractivity contribution in [2.45, 2.75) is 18.3 Å². The monoisotopic (exact) mass is 441 g/mol. The number of nitrogen functional groups attached to an aromatic ring is 1. The van der Waals surface area contributed by atoms with Crippen molar-refractivity contribution in [3.63, 3.8) is 0 Å². The fraction of sp³-hybridized carbons (Fsp3) is 0.200. The molecule has 0 radical (unpaired) electrons. The molecule has 1 aliphatic heterocycles. The van der Waals surface area contributed by atoms with E-state index in [2.05, 4.69) is 20.3 Å². The maximum Gasteiger partial charge on any atom is 0.235 e. The number of ether oxygens (including phenoxy) is 1. The maximum absolute atomic E-state index is 13.6. The molecule has 8 nitrogen and oxygen atoms in total. The van der Waals surface area contributed by atoms with Crippen LogP contribution in [-0.2, 0) is 14.9 Å². The zero-order chi connectivity index (χ0) is 22.7. The second-order valence-corrected chi connectivity index (χ2v) is 8.00. The molecule has 2 aromatic carbocycles. The highest BCUT2D eigenvalue weighted by molar-refractivity contribution is 5.99. The zero-order valence-electron chi connectivity index (χ0n) is 17.9. The van der Waals surface area contributed by atoms with Gasteiger partial charge in [-0.25, -0.2) is 15.0 Å². The summed E-state index contributed by atoms with van der Waals surface area (Å²) in [6.45, 7) is 1.05. The summed E-state index contributed by atoms with van der Waals surface area (Å²) in [6.07, 6.45) is 7.62. The van der Waals surface area contributed by atoms with Crippen molar-refractivity contribution >= 4 is 17.5 Å². The highest BCUT2D eigenvalue weighted by Crippen LogP contribution is 2.37. The van der Waals surface area contributed by atoms with Crippen molar-refractivity contribution in [1.82, 2.24) is 15.0 Å². The van der Waals surface area contributed by atoms with Crippen LogP contribution < -0.4 is 11.1 Å². The molecule has 166 valence electrons. The van der Waals surface area contributed by atoms with E-state index in [-0.39, 0.29) is 11.9 Å². The van der Waals surface area contributed by atoms with Gasteiger partial charge in [0.2, 0.25) is 11.9 Å². The number of nitrogens with one attached hydrogen (secondary N) is 1. The van der Waals surface area contributed by atoms with E-state index in [9.17, 15) is 4.79 Å². The molecule has 0 atom stereocenters. The molecule has 1 aliphatic rings. The van der Waals surface area contributed by atoms with Crippen molar-refractivity contribution in [2.75, 3.05) is 24.3 Å². The minimum Gasteiger partial charge on any atom is -0.444 e. The van der Waals surface area contributed by atoms with E-state index in [1.807, 2.05) is 48.5 Å². The Morgan fingerprint density at radius 1 is 0.939 bits per heavy atom. The number of rotatable bonds is 5. The van der Waals surface area contributed by atoms with Crippen molar-refractivity contribution < 1.29 is 13.9 Å². The van der Waals surface area contributed by atoms with Crippen molar-refractivity contribution in [2.24, 2.45) is 0 Å². The molecular weight excluding hydrogens is 418 g/mol. The lowest BCUT2D eigenvalue weighted by atomic mass is 9.73. The molecular formula is C25H23N5O3. The fourth-order valence-electron chi connectivity index (χ4n) is 4.19. The third-order valence-corrected chi connectivity index (χ3v) is 6.06. The standard InChI is InChI=1S/C25H23N5O3/c26-24-28-13-19(14-29-24)17-4-6-20(7-5-17)25(8-10-32-11-9-25)23(31)30-21-3-1-2-18(12-21)22-15-27-16-33-22/h1-7,12-16H,8-11H2,(H,30,31)(H2,26,28,29). The van der Waals surface area contributed by atoms with Crippen LogP contribution in [0.5, 0.6) is 0 Å². The van der Waals surface area contributed by atoms with Gasteiger partial charge >= 0.3 is 0 Å². The molecule has 2 aromatic heterocycles. The molecule has 8 heteroatoms. The van der Waals surface area contributed by atoms with Gasteiger partial charge in [-0.3, -0.25) is 4.79 Å². The van der Waals surface area contributed by atoms with E-state index in [0.29, 0.717) is 37.5 Å². The number of nitrogens with two attached hydrogens (primary N) is 1. The van der Waals surface area contributed by atoms with E-state index in [1.54, 1.807) is 18.6 Å². The summed E-state index contributed by atoms with van der Waals surface area (Å²) >= 11 is 0. The topological polar surface area (TPSA) is 116 Å². The second kappa shape index (κ2) is 8.84. The molecule has 0 unspecified atom stereocenters. The van der Waals surface area contributed by atoms with Gasteiger partial charge in [-0.05, 0) is 36.1 Å². The lowest BCUT2D eigenvalue weighted by molar-refractivity contribution is -0.125. The highest BCUT2D eigenvalue weighted by atomic mass is 16.5. The zero-order valence-corrected chi connectivity index (χ0v) is 17.9. The van der Waals surface area contributed by atoms with Crippen LogP contribution in [0.2, 0.25) is 0 Å². The van der Waals surface area contributed by atoms with Gasteiger partial charge in [-0.1, -0.05) is 36.4 Å². The van der Waals surface area contributed by atoms with Crippen LogP contribution >= 0.6 is 0 Å². The Labute approximate surface area is 190 Å². The Kier molecular flexibility index (Phi) is 5.58. The molecule has 33 heavy (non-hydrogen) atoms. The Hall–Kier alpha value is -4.04. The number of carbonyl (C=O) groups is 1. The number of benzene rings is 2. The summed E-state index contributed by atoms with van der Waals surface area (Å²) in [7, 11) is 0. The molecule has 0 saturated carbocycles. The molecule has 3 heterocycles. The Bertz CT molecular complexity index is 1230. The maximum atomic E-state index is 13.6. The first-order chi connectivity index (χ1) is 16.1. The Morgan fingerprint density at radius 2 is 1.70 bits per heavy atom. The predicted octanol–water partition coefficient (Wildman–Crippen LogP) is 4.07. The molecule has 1 saturated heterocycles. The number of carbonyl (C=O) groups excluding carboxylic acids is 1. The fourth-order valence-corrected chi connectivity index (χ4v) is 4.19. The first-order valence-electron chi connectivity index (χ1n) is 10.7. The molecule has 0 bridgehead atoms. The van der Waals surface area contributed by atoms with Gasteiger partial charge in [-0.2, -0.15) is 0 Å². The van der Waals surface area contributed by atoms with Gasteiger partial charge in [0.25, 0.3) is 0 Å². The summed E-state index contributed by atoms with van der Waals surface area (Å²) in [4.78, 5) is 25.7. The van der Waals surface area contributed by atoms with Gasteiger partial charge in [0.15, 0.2) is 12.2 Å². The third kappa shape index (κ3) is 4.20. The summed E-state index contributed by atoms with van der Waals surface area (Å²) in [5.74, 6) is 0.832. The number of amides is 1. The van der Waals surface area contributed by atoms with Crippen LogP contribution in [0.1, 0.15) is 18.4 Å². The molecule has 0 spiro atoms. The summed E-state index contributed by atoms with van der Waals surface area (Å²) in [5, 5.41) is 3.12. The normalized spacial score (nSPS) is 15.2. The minimum atomic E-state index is -0.684. The summed E-state index contributed by atoms with van der Waals surface area (Å²) in [5.41, 5.74) is 9.24. The van der Waals surface area contributed by atoms with Crippen molar-refractivity contribution in [3.05, 3.63) is 79.1 Å². The van der Waals surface area contributed by atoms with Crippen LogP contribution in [-0.4, -0.2) is 34.1 Å². The van der Waals surface area contributed by atoms with Crippen LogP contribution in [0.15, 0.2) is 77.9 Å². The Balaban J connectivity index is 1.42. The van der Waals surface area contributed by atoms with E-state index >= 15 is 0 Å². The molecule has 3 N–H and O–H groups in total. The number of hydrogen-bond donors (Lipinski definition) is 2. The van der Waals surface area contributed by atoms with E-state index in [4.69, 9.17) is 14.9 Å². The summed E-state index contributed by atoms with van der Waals surface area (Å²) in [6, 6.07) is 15.5. The van der Waals surface area contributed by atoms with Gasteiger partial charge in [0.1, 0.15) is 0 Å². The van der Waals surface area contributed by atoms with Crippen molar-refractivity contribution in [3.8, 4) is 22.5 Å². The molecule has 5 rings (SSSR count). The average Bonchev–Trinajstić information content (AvgIpc) is 3.40. The molecule has 4 aromatic rings. The van der Waals surface area contributed by atoms with E-state index < -0.39 is 5.41 Å². The van der Waals surface area contributed by atoms with Gasteiger partial charge in [-0.15, -0.1) is 0 Å². The molecule has 1 fully saturated rings. The quantitative estimate of drug-likeness (QED) is 0.479. The van der Waals surface area contributed by atoms with Crippen LogP contribution in [0.25, 0.3) is 22.5 Å². The van der Waals surface area contributed by atoms with Gasteiger partial charge < -0.3 is 20.2 Å². The highest BCUT2D eigenvalue weighted by Gasteiger charge is 2.41. The first-order valence-corrected chi connectivity index (χ1v) is 10.7. The largest absolute Gasteiger partial charge is 0.444 e. The number of aromatic nitrogens is 3. The van der Waals surface area contributed by atoms with Gasteiger partial charge in [0, 0.05) is 42.4 Å². The van der Waals surface area contributed by atoms with Crippen LogP contribution in [0.3, 0.4) is 0 Å². The SMILES string of the molecule is Nc1ncc(-c2ccc(C3(C(=O)Nc4cccc(-c5cnco5)c4)CCOCC3)cc2)cn1. The number of anilines is 2. The lowest BCUT2D eigenvalue weighted by Gasteiger charge is -2.36. The summed E-state index contributed by atoms with van der Waals surface area (Å²) < 4.78 is 11.0. The van der Waals surface area contributed by atoms with Crippen LogP contribution in [0, 0.1) is 0 Å². The Morgan fingerprint density at radius 3 is 2.39 bits per heavy atom. The third-order valence-electron chi connectivity index (χ3n) is 6.06. The smallest absolute Gasteiger partial charge is 0.235 e. The van der Waals surface area contributed by atoms with Crippen LogP contribution in [0.4, 0.5) is 11.6 Å². The van der Waals surface area contributed by atoms with Gasteiger partial charge in [0.05, 0.1) is 11.6 Å².